The summed E-state index contributed by atoms with van der Waals surface area (Å²) in [6.45, 7) is 0.228. The predicted octanol–water partition coefficient (Wildman–Crippen LogP) is 3.99. The molecule has 0 fully saturated rings. The van der Waals surface area contributed by atoms with E-state index >= 15 is 0 Å². The molecule has 27 heavy (non-hydrogen) atoms. The minimum atomic E-state index is -0.494. The lowest BCUT2D eigenvalue weighted by molar-refractivity contribution is 0.0845. The summed E-state index contributed by atoms with van der Waals surface area (Å²) in [7, 11) is 0. The Balaban J connectivity index is 1.65. The fourth-order valence-electron chi connectivity index (χ4n) is 2.44. The van der Waals surface area contributed by atoms with Crippen LogP contribution in [-0.2, 0) is 6.61 Å². The van der Waals surface area contributed by atoms with Crippen LogP contribution >= 0.6 is 11.6 Å². The van der Waals surface area contributed by atoms with E-state index in [0.717, 1.165) is 0 Å². The van der Waals surface area contributed by atoms with Crippen LogP contribution in [0.5, 0.6) is 5.75 Å². The van der Waals surface area contributed by atoms with Gasteiger partial charge in [0.2, 0.25) is 0 Å². The van der Waals surface area contributed by atoms with Crippen LogP contribution in [0, 0.1) is 0 Å². The Bertz CT molecular complexity index is 945. The molecule has 3 aromatic carbocycles. The molecule has 5 nitrogen and oxygen atoms in total. The minimum absolute atomic E-state index is 0.228. The highest BCUT2D eigenvalue weighted by atomic mass is 35.5. The van der Waals surface area contributed by atoms with E-state index in [2.05, 4.69) is 10.9 Å². The number of carbonyl (C=O) groups is 2. The number of rotatable bonds is 5. The predicted molar refractivity (Wildman–Crippen MR) is 104 cm³/mol. The summed E-state index contributed by atoms with van der Waals surface area (Å²) in [5, 5.41) is 0.306. The zero-order chi connectivity index (χ0) is 19.1. The molecule has 0 heterocycles. The molecule has 0 unspecified atom stereocenters. The zero-order valence-corrected chi connectivity index (χ0v) is 15.1. The van der Waals surface area contributed by atoms with Crippen LogP contribution < -0.4 is 15.6 Å². The highest BCUT2D eigenvalue weighted by molar-refractivity contribution is 6.33. The van der Waals surface area contributed by atoms with E-state index < -0.39 is 11.8 Å². The molecule has 0 radical (unpaired) electrons. The van der Waals surface area contributed by atoms with Gasteiger partial charge in [0, 0.05) is 11.1 Å². The molecule has 136 valence electrons. The molecule has 0 spiro atoms. The molecule has 3 rings (SSSR count). The van der Waals surface area contributed by atoms with Gasteiger partial charge in [-0.25, -0.2) is 0 Å². The second-order valence-corrected chi connectivity index (χ2v) is 6.05. The molecule has 0 bridgehead atoms. The molecule has 2 N–H and O–H groups in total. The summed E-state index contributed by atoms with van der Waals surface area (Å²) in [6.07, 6.45) is 0. The summed E-state index contributed by atoms with van der Waals surface area (Å²) in [4.78, 5) is 24.6. The van der Waals surface area contributed by atoms with E-state index in [0.29, 0.717) is 21.9 Å². The Morgan fingerprint density at radius 1 is 0.741 bits per heavy atom. The Kier molecular flexibility index (Phi) is 6.07. The van der Waals surface area contributed by atoms with Crippen molar-refractivity contribution in [2.75, 3.05) is 0 Å². The van der Waals surface area contributed by atoms with Crippen LogP contribution in [0.15, 0.2) is 78.9 Å². The van der Waals surface area contributed by atoms with Gasteiger partial charge in [-0.1, -0.05) is 60.1 Å². The third kappa shape index (κ3) is 4.86. The molecular weight excluding hydrogens is 364 g/mol. The molecule has 0 saturated heterocycles. The number of hydrazine groups is 1. The van der Waals surface area contributed by atoms with Crippen molar-refractivity contribution >= 4 is 23.4 Å². The molecule has 2 amide bonds. The Labute approximate surface area is 161 Å². The average molecular weight is 381 g/mol. The van der Waals surface area contributed by atoms with Gasteiger partial charge in [-0.2, -0.15) is 0 Å². The van der Waals surface area contributed by atoms with E-state index in [1.807, 2.05) is 36.4 Å². The second kappa shape index (κ2) is 8.87. The van der Waals surface area contributed by atoms with Crippen molar-refractivity contribution in [3.05, 3.63) is 101 Å². The lowest BCUT2D eigenvalue weighted by Crippen LogP contribution is -2.42. The topological polar surface area (TPSA) is 67.4 Å². The van der Waals surface area contributed by atoms with Crippen LogP contribution in [0.25, 0.3) is 0 Å². The van der Waals surface area contributed by atoms with Gasteiger partial charge in [-0.3, -0.25) is 20.4 Å². The number of carbonyl (C=O) groups excluding carboxylic acids is 2. The van der Waals surface area contributed by atoms with Crippen LogP contribution in [0.3, 0.4) is 0 Å². The smallest absolute Gasteiger partial charge is 0.271 e. The first kappa shape index (κ1) is 18.5. The van der Waals surface area contributed by atoms with Gasteiger partial charge in [-0.05, 0) is 30.3 Å². The number of nitrogens with one attached hydrogen (secondary N) is 2. The standard InChI is InChI=1S/C21H17ClN2O3/c22-19-13-7-6-12-18(19)21(26)24-23-20(25)17-11-5-4-8-15(17)14-27-16-9-2-1-3-10-16/h1-13H,14H2,(H,23,25)(H,24,26). The lowest BCUT2D eigenvalue weighted by atomic mass is 10.1. The summed E-state index contributed by atoms with van der Waals surface area (Å²) in [6, 6.07) is 23.0. The van der Waals surface area contributed by atoms with Gasteiger partial charge >= 0.3 is 0 Å². The minimum Gasteiger partial charge on any atom is -0.489 e. The number of halogens is 1. The van der Waals surface area contributed by atoms with Gasteiger partial charge in [0.05, 0.1) is 10.6 Å². The highest BCUT2D eigenvalue weighted by Crippen LogP contribution is 2.16. The lowest BCUT2D eigenvalue weighted by Gasteiger charge is -2.12. The molecule has 0 saturated carbocycles. The summed E-state index contributed by atoms with van der Waals surface area (Å²) in [5.41, 5.74) is 6.17. The first-order valence-electron chi connectivity index (χ1n) is 8.26. The molecule has 0 aromatic heterocycles. The maximum atomic E-state index is 12.5. The Morgan fingerprint density at radius 2 is 1.30 bits per heavy atom. The van der Waals surface area contributed by atoms with Crippen molar-refractivity contribution in [3.63, 3.8) is 0 Å². The van der Waals surface area contributed by atoms with E-state index in [9.17, 15) is 9.59 Å². The molecule has 3 aromatic rings. The van der Waals surface area contributed by atoms with Crippen molar-refractivity contribution < 1.29 is 14.3 Å². The number of benzene rings is 3. The van der Waals surface area contributed by atoms with Gasteiger partial charge < -0.3 is 4.74 Å². The maximum Gasteiger partial charge on any atom is 0.271 e. The van der Waals surface area contributed by atoms with Crippen LogP contribution in [0.1, 0.15) is 26.3 Å². The zero-order valence-electron chi connectivity index (χ0n) is 14.3. The first-order chi connectivity index (χ1) is 13.1. The highest BCUT2D eigenvalue weighted by Gasteiger charge is 2.14. The fourth-order valence-corrected chi connectivity index (χ4v) is 2.66. The summed E-state index contributed by atoms with van der Waals surface area (Å²) in [5.74, 6) is -0.227. The van der Waals surface area contributed by atoms with Gasteiger partial charge in [0.15, 0.2) is 0 Å². The third-order valence-electron chi connectivity index (χ3n) is 3.81. The SMILES string of the molecule is O=C(NNC(=O)c1ccccc1COc1ccccc1)c1ccccc1Cl. The van der Waals surface area contributed by atoms with E-state index in [4.69, 9.17) is 16.3 Å². The van der Waals surface area contributed by atoms with Crippen molar-refractivity contribution in [2.24, 2.45) is 0 Å². The molecule has 6 heteroatoms. The average Bonchev–Trinajstić information content (AvgIpc) is 2.71. The third-order valence-corrected chi connectivity index (χ3v) is 4.14. The largest absolute Gasteiger partial charge is 0.489 e. The Morgan fingerprint density at radius 3 is 2.00 bits per heavy atom. The normalized spacial score (nSPS) is 10.1. The number of hydrogen-bond donors (Lipinski definition) is 2. The number of amides is 2. The van der Waals surface area contributed by atoms with Crippen molar-refractivity contribution in [1.29, 1.82) is 0 Å². The molecule has 0 aliphatic carbocycles. The summed E-state index contributed by atoms with van der Waals surface area (Å²) < 4.78 is 5.71. The maximum absolute atomic E-state index is 12.5. The van der Waals surface area contributed by atoms with Gasteiger partial charge in [0.1, 0.15) is 12.4 Å². The molecule has 0 aliphatic rings. The van der Waals surface area contributed by atoms with Crippen LogP contribution in [-0.4, -0.2) is 11.8 Å². The van der Waals surface area contributed by atoms with E-state index in [1.54, 1.807) is 42.5 Å². The Hall–Kier alpha value is -3.31. The van der Waals surface area contributed by atoms with Crippen LogP contribution in [0.2, 0.25) is 5.02 Å². The first-order valence-corrected chi connectivity index (χ1v) is 8.64. The van der Waals surface area contributed by atoms with E-state index in [-0.39, 0.29) is 12.2 Å². The molecular formula is C21H17ClN2O3. The van der Waals surface area contributed by atoms with Crippen molar-refractivity contribution in [2.45, 2.75) is 6.61 Å². The fraction of sp³-hybridized carbons (Fsp3) is 0.0476. The molecule has 0 aliphatic heterocycles. The quantitative estimate of drug-likeness (QED) is 0.657. The van der Waals surface area contributed by atoms with Gasteiger partial charge in [-0.15, -0.1) is 0 Å². The molecule has 0 atom stereocenters. The van der Waals surface area contributed by atoms with Crippen molar-refractivity contribution in [1.82, 2.24) is 10.9 Å². The summed E-state index contributed by atoms with van der Waals surface area (Å²) >= 11 is 5.99. The number of hydrogen-bond acceptors (Lipinski definition) is 3. The second-order valence-electron chi connectivity index (χ2n) is 5.65. The van der Waals surface area contributed by atoms with E-state index in [1.165, 1.54) is 0 Å². The number of ether oxygens (including phenoxy) is 1. The van der Waals surface area contributed by atoms with Crippen molar-refractivity contribution in [3.8, 4) is 5.75 Å². The van der Waals surface area contributed by atoms with Gasteiger partial charge in [0.25, 0.3) is 11.8 Å². The number of para-hydroxylation sites is 1. The van der Waals surface area contributed by atoms with Crippen LogP contribution in [0.4, 0.5) is 0 Å². The monoisotopic (exact) mass is 380 g/mol.